The maximum atomic E-state index is 11.1. The first-order chi connectivity index (χ1) is 4.73. The first-order valence-electron chi connectivity index (χ1n) is 4.06. The summed E-state index contributed by atoms with van der Waals surface area (Å²) in [6.45, 7) is 0. The van der Waals surface area contributed by atoms with E-state index in [4.69, 9.17) is 5.73 Å². The van der Waals surface area contributed by atoms with E-state index in [1.807, 2.05) is 0 Å². The highest BCUT2D eigenvalue weighted by Crippen LogP contribution is 2.43. The van der Waals surface area contributed by atoms with Crippen LogP contribution in [0.25, 0.3) is 0 Å². The molecule has 0 aromatic heterocycles. The number of carbonyl (C=O) groups is 1. The summed E-state index contributed by atoms with van der Waals surface area (Å²) in [7, 11) is 0. The molecule has 0 aromatic carbocycles. The van der Waals surface area contributed by atoms with Crippen molar-refractivity contribution in [2.45, 2.75) is 37.6 Å². The maximum absolute atomic E-state index is 11.1. The van der Waals surface area contributed by atoms with Crippen LogP contribution in [0.3, 0.4) is 0 Å². The van der Waals surface area contributed by atoms with Gasteiger partial charge in [0.15, 0.2) is 5.78 Å². The minimum atomic E-state index is -0.363. The summed E-state index contributed by atoms with van der Waals surface area (Å²) >= 11 is 0. The fourth-order valence-electron chi connectivity index (χ4n) is 2.20. The lowest BCUT2D eigenvalue weighted by Crippen LogP contribution is -2.64. The number of nitrogens with two attached hydrogens (primary N) is 1. The molecule has 0 amide bonds. The third-order valence-corrected chi connectivity index (χ3v) is 3.07. The van der Waals surface area contributed by atoms with Crippen LogP contribution in [0, 0.1) is 5.92 Å². The normalized spacial score (nSPS) is 46.1. The van der Waals surface area contributed by atoms with Gasteiger partial charge in [-0.1, -0.05) is 12.8 Å². The molecule has 0 heterocycles. The van der Waals surface area contributed by atoms with Crippen molar-refractivity contribution in [2.24, 2.45) is 11.7 Å². The van der Waals surface area contributed by atoms with E-state index in [0.29, 0.717) is 11.7 Å². The molecule has 0 bridgehead atoms. The Morgan fingerprint density at radius 1 is 1.50 bits per heavy atom. The number of ketones is 1. The molecule has 2 nitrogen and oxygen atoms in total. The van der Waals surface area contributed by atoms with Gasteiger partial charge in [0.1, 0.15) is 0 Å². The van der Waals surface area contributed by atoms with Gasteiger partial charge in [-0.3, -0.25) is 4.79 Å². The average molecular weight is 139 g/mol. The van der Waals surface area contributed by atoms with Crippen molar-refractivity contribution < 1.29 is 4.79 Å². The summed E-state index contributed by atoms with van der Waals surface area (Å²) in [4.78, 5) is 11.1. The highest BCUT2D eigenvalue weighted by atomic mass is 16.1. The van der Waals surface area contributed by atoms with Crippen LogP contribution in [0.2, 0.25) is 0 Å². The standard InChI is InChI=1S/C8H13NO/c9-8-4-2-1-3-6(8)5-7(8)10/h6H,1-5,9H2. The van der Waals surface area contributed by atoms with Gasteiger partial charge >= 0.3 is 0 Å². The van der Waals surface area contributed by atoms with Crippen LogP contribution in [0.5, 0.6) is 0 Å². The van der Waals surface area contributed by atoms with E-state index in [0.717, 1.165) is 19.3 Å². The number of hydrogen-bond donors (Lipinski definition) is 1. The van der Waals surface area contributed by atoms with Gasteiger partial charge in [-0.2, -0.15) is 0 Å². The summed E-state index contributed by atoms with van der Waals surface area (Å²) in [5.74, 6) is 0.839. The molecule has 2 heteroatoms. The predicted octanol–water partition coefficient (Wildman–Crippen LogP) is 0.847. The average Bonchev–Trinajstić information content (AvgIpc) is 1.93. The lowest BCUT2D eigenvalue weighted by molar-refractivity contribution is -0.139. The SMILES string of the molecule is NC12CCCCC1CC2=O. The van der Waals surface area contributed by atoms with Crippen molar-refractivity contribution in [2.75, 3.05) is 0 Å². The Labute approximate surface area is 60.8 Å². The van der Waals surface area contributed by atoms with E-state index in [1.54, 1.807) is 0 Å². The number of fused-ring (bicyclic) bond motifs is 1. The molecule has 2 unspecified atom stereocenters. The van der Waals surface area contributed by atoms with Gasteiger partial charge in [0.2, 0.25) is 0 Å². The van der Waals surface area contributed by atoms with Crippen molar-refractivity contribution in [3.63, 3.8) is 0 Å². The van der Waals surface area contributed by atoms with Crippen LogP contribution in [-0.4, -0.2) is 11.3 Å². The molecule has 0 spiro atoms. The minimum absolute atomic E-state index is 0.303. The molecule has 0 aromatic rings. The van der Waals surface area contributed by atoms with Crippen LogP contribution >= 0.6 is 0 Å². The third-order valence-electron chi connectivity index (χ3n) is 3.07. The van der Waals surface area contributed by atoms with Gasteiger partial charge < -0.3 is 5.73 Å². The van der Waals surface area contributed by atoms with E-state index >= 15 is 0 Å². The summed E-state index contributed by atoms with van der Waals surface area (Å²) in [6, 6.07) is 0. The molecule has 2 atom stereocenters. The molecule has 2 fully saturated rings. The zero-order valence-electron chi connectivity index (χ0n) is 6.10. The van der Waals surface area contributed by atoms with Crippen LogP contribution in [0.15, 0.2) is 0 Å². The van der Waals surface area contributed by atoms with E-state index in [1.165, 1.54) is 12.8 Å². The molecular formula is C8H13NO. The first kappa shape index (κ1) is 6.35. The van der Waals surface area contributed by atoms with Crippen molar-refractivity contribution in [3.05, 3.63) is 0 Å². The molecule has 2 aliphatic rings. The monoisotopic (exact) mass is 139 g/mol. The zero-order chi connectivity index (χ0) is 7.19. The van der Waals surface area contributed by atoms with Crippen LogP contribution in [-0.2, 0) is 4.79 Å². The van der Waals surface area contributed by atoms with Crippen LogP contribution < -0.4 is 5.73 Å². The highest BCUT2D eigenvalue weighted by Gasteiger charge is 2.52. The first-order valence-corrected chi connectivity index (χ1v) is 4.06. The molecule has 56 valence electrons. The number of rotatable bonds is 0. The van der Waals surface area contributed by atoms with Crippen molar-refractivity contribution in [1.29, 1.82) is 0 Å². The van der Waals surface area contributed by atoms with Gasteiger partial charge in [-0.25, -0.2) is 0 Å². The fourth-order valence-corrected chi connectivity index (χ4v) is 2.20. The molecule has 2 aliphatic carbocycles. The van der Waals surface area contributed by atoms with Gasteiger partial charge in [0.25, 0.3) is 0 Å². The van der Waals surface area contributed by atoms with Gasteiger partial charge in [0, 0.05) is 6.42 Å². The lowest BCUT2D eigenvalue weighted by atomic mass is 9.59. The predicted molar refractivity (Wildman–Crippen MR) is 38.5 cm³/mol. The van der Waals surface area contributed by atoms with Gasteiger partial charge in [0.05, 0.1) is 5.54 Å². The summed E-state index contributed by atoms with van der Waals surface area (Å²) in [5, 5.41) is 0. The Morgan fingerprint density at radius 2 is 2.30 bits per heavy atom. The number of Topliss-reactive ketones (excluding diaryl/α,β-unsaturated/α-hetero) is 1. The second-order valence-electron chi connectivity index (χ2n) is 3.61. The fraction of sp³-hybridized carbons (Fsp3) is 0.875. The Bertz CT molecular complexity index is 178. The van der Waals surface area contributed by atoms with Gasteiger partial charge in [-0.05, 0) is 18.8 Å². The van der Waals surface area contributed by atoms with Crippen molar-refractivity contribution in [1.82, 2.24) is 0 Å². The molecule has 0 radical (unpaired) electrons. The Kier molecular flexibility index (Phi) is 1.15. The lowest BCUT2D eigenvalue weighted by Gasteiger charge is -2.48. The van der Waals surface area contributed by atoms with E-state index in [2.05, 4.69) is 0 Å². The molecule has 0 aliphatic heterocycles. The second-order valence-corrected chi connectivity index (χ2v) is 3.61. The zero-order valence-corrected chi connectivity index (χ0v) is 6.10. The minimum Gasteiger partial charge on any atom is -0.319 e. The summed E-state index contributed by atoms with van der Waals surface area (Å²) in [5.41, 5.74) is 5.54. The molecule has 2 saturated carbocycles. The molecule has 2 N–H and O–H groups in total. The van der Waals surface area contributed by atoms with Crippen LogP contribution in [0.4, 0.5) is 0 Å². The van der Waals surface area contributed by atoms with Gasteiger partial charge in [-0.15, -0.1) is 0 Å². The van der Waals surface area contributed by atoms with Crippen molar-refractivity contribution >= 4 is 5.78 Å². The smallest absolute Gasteiger partial charge is 0.153 e. The maximum Gasteiger partial charge on any atom is 0.153 e. The largest absolute Gasteiger partial charge is 0.319 e. The number of hydrogen-bond acceptors (Lipinski definition) is 2. The van der Waals surface area contributed by atoms with Crippen molar-refractivity contribution in [3.8, 4) is 0 Å². The van der Waals surface area contributed by atoms with E-state index in [9.17, 15) is 4.79 Å². The Morgan fingerprint density at radius 3 is 2.80 bits per heavy atom. The van der Waals surface area contributed by atoms with Crippen LogP contribution in [0.1, 0.15) is 32.1 Å². The quantitative estimate of drug-likeness (QED) is 0.540. The molecule has 2 rings (SSSR count). The highest BCUT2D eigenvalue weighted by molar-refractivity contribution is 5.95. The molecule has 0 saturated heterocycles. The van der Waals surface area contributed by atoms with E-state index in [-0.39, 0.29) is 5.54 Å². The summed E-state index contributed by atoms with van der Waals surface area (Å²) < 4.78 is 0. The topological polar surface area (TPSA) is 43.1 Å². The summed E-state index contributed by atoms with van der Waals surface area (Å²) in [6.07, 6.45) is 5.31. The molecule has 10 heavy (non-hydrogen) atoms. The Hall–Kier alpha value is -0.370. The van der Waals surface area contributed by atoms with E-state index < -0.39 is 0 Å². The number of carbonyl (C=O) groups excluding carboxylic acids is 1. The third kappa shape index (κ3) is 0.601. The second kappa shape index (κ2) is 1.82. The molecular weight excluding hydrogens is 126 g/mol. The Balaban J connectivity index is 2.15.